The number of nitrogens with one attached hydrogen (secondary N) is 2. The van der Waals surface area contributed by atoms with Crippen molar-refractivity contribution in [1.82, 2.24) is 19.5 Å². The van der Waals surface area contributed by atoms with E-state index in [-0.39, 0.29) is 11.2 Å². The van der Waals surface area contributed by atoms with Crippen LogP contribution in [0, 0.1) is 11.8 Å². The third kappa shape index (κ3) is 2.99. The van der Waals surface area contributed by atoms with Crippen LogP contribution >= 0.6 is 0 Å². The molecule has 0 aliphatic heterocycles. The van der Waals surface area contributed by atoms with Crippen molar-refractivity contribution in [2.24, 2.45) is 0 Å². The molecule has 0 spiro atoms. The van der Waals surface area contributed by atoms with Gasteiger partial charge in [-0.1, -0.05) is 5.92 Å². The Bertz CT molecular complexity index is 1110. The van der Waals surface area contributed by atoms with Gasteiger partial charge in [0.2, 0.25) is 0 Å². The maximum absolute atomic E-state index is 11.9. The van der Waals surface area contributed by atoms with E-state index in [0.717, 1.165) is 0 Å². The molecular weight excluding hydrogens is 324 g/mol. The van der Waals surface area contributed by atoms with E-state index in [1.54, 1.807) is 39.3 Å². The zero-order valence-corrected chi connectivity index (χ0v) is 14.0. The van der Waals surface area contributed by atoms with Gasteiger partial charge in [0.25, 0.3) is 5.56 Å². The number of nitrogens with zero attached hydrogens (tertiary/aromatic N) is 2. The summed E-state index contributed by atoms with van der Waals surface area (Å²) in [6, 6.07) is 5.27. The first-order valence-electron chi connectivity index (χ1n) is 7.54. The van der Waals surface area contributed by atoms with Crippen molar-refractivity contribution in [3.63, 3.8) is 0 Å². The fourth-order valence-electron chi connectivity index (χ4n) is 2.44. The summed E-state index contributed by atoms with van der Waals surface area (Å²) in [5.74, 6) is 7.26. The number of imidazole rings is 1. The van der Waals surface area contributed by atoms with Crippen LogP contribution in [0.5, 0.6) is 11.5 Å². The van der Waals surface area contributed by atoms with Crippen LogP contribution in [0.15, 0.2) is 27.8 Å². The normalized spacial score (nSPS) is 10.4. The van der Waals surface area contributed by atoms with Crippen LogP contribution in [-0.2, 0) is 6.54 Å². The minimum atomic E-state index is -0.517. The number of aryl methyl sites for hydroxylation is 1. The van der Waals surface area contributed by atoms with Crippen molar-refractivity contribution in [3.8, 4) is 23.3 Å². The van der Waals surface area contributed by atoms with E-state index in [2.05, 4.69) is 26.8 Å². The van der Waals surface area contributed by atoms with E-state index in [0.29, 0.717) is 29.4 Å². The minimum Gasteiger partial charge on any atom is -0.493 e. The lowest BCUT2D eigenvalue weighted by Gasteiger charge is -2.06. The number of ether oxygens (including phenoxy) is 2. The Morgan fingerprint density at radius 2 is 1.88 bits per heavy atom. The predicted molar refractivity (Wildman–Crippen MR) is 92.2 cm³/mol. The summed E-state index contributed by atoms with van der Waals surface area (Å²) in [4.78, 5) is 33.0. The Kier molecular flexibility index (Phi) is 4.31. The molecule has 0 saturated heterocycles. The van der Waals surface area contributed by atoms with Crippen LogP contribution < -0.4 is 20.7 Å². The number of fused-ring (bicyclic) bond motifs is 1. The zero-order chi connectivity index (χ0) is 18.0. The Labute approximate surface area is 142 Å². The van der Waals surface area contributed by atoms with Crippen LogP contribution in [0.4, 0.5) is 0 Å². The lowest BCUT2D eigenvalue weighted by atomic mass is 10.2. The predicted octanol–water partition coefficient (Wildman–Crippen LogP) is 0.850. The molecule has 8 heteroatoms. The summed E-state index contributed by atoms with van der Waals surface area (Å²) in [6.07, 6.45) is 0. The van der Waals surface area contributed by atoms with Gasteiger partial charge in [-0.3, -0.25) is 14.3 Å². The molecule has 2 N–H and O–H groups in total. The molecule has 0 fully saturated rings. The summed E-state index contributed by atoms with van der Waals surface area (Å²) in [5, 5.41) is 0. The Morgan fingerprint density at radius 3 is 2.56 bits per heavy atom. The van der Waals surface area contributed by atoms with Crippen molar-refractivity contribution in [2.45, 2.75) is 13.5 Å². The van der Waals surface area contributed by atoms with E-state index in [9.17, 15) is 9.59 Å². The first-order chi connectivity index (χ1) is 12.1. The fourth-order valence-corrected chi connectivity index (χ4v) is 2.44. The van der Waals surface area contributed by atoms with Crippen molar-refractivity contribution >= 4 is 11.2 Å². The van der Waals surface area contributed by atoms with Gasteiger partial charge >= 0.3 is 5.69 Å². The standard InChI is InChI=1S/C17H16N4O4/c1-4-21-15-14(16(22)20-17(21)23)18-13(19-15)8-6-10-5-7-11(24-2)12(9-10)25-3/h5,7,9H,4H2,1-3H3,(H,18,19)(H,20,22,23). The molecule has 3 rings (SSSR count). The van der Waals surface area contributed by atoms with Crippen LogP contribution in [0.2, 0.25) is 0 Å². The van der Waals surface area contributed by atoms with Gasteiger partial charge < -0.3 is 14.5 Å². The number of hydrogen-bond acceptors (Lipinski definition) is 5. The lowest BCUT2D eigenvalue weighted by molar-refractivity contribution is 0.355. The topological polar surface area (TPSA) is 102 Å². The third-order valence-electron chi connectivity index (χ3n) is 3.66. The zero-order valence-electron chi connectivity index (χ0n) is 14.0. The molecule has 2 aromatic heterocycles. The molecular formula is C17H16N4O4. The van der Waals surface area contributed by atoms with Crippen LogP contribution in [-0.4, -0.2) is 33.7 Å². The monoisotopic (exact) mass is 340 g/mol. The van der Waals surface area contributed by atoms with Crippen molar-refractivity contribution in [1.29, 1.82) is 0 Å². The smallest absolute Gasteiger partial charge is 0.330 e. The summed E-state index contributed by atoms with van der Waals surface area (Å²) >= 11 is 0. The van der Waals surface area contributed by atoms with Crippen molar-refractivity contribution in [2.75, 3.05) is 14.2 Å². The summed E-state index contributed by atoms with van der Waals surface area (Å²) < 4.78 is 11.8. The quantitative estimate of drug-likeness (QED) is 0.688. The third-order valence-corrected chi connectivity index (χ3v) is 3.66. The number of aromatic amines is 2. The number of H-pyrrole nitrogens is 2. The highest BCUT2D eigenvalue weighted by Crippen LogP contribution is 2.27. The molecule has 0 radical (unpaired) electrons. The van der Waals surface area contributed by atoms with Gasteiger partial charge in [0.1, 0.15) is 0 Å². The molecule has 3 aromatic rings. The molecule has 128 valence electrons. The molecule has 0 saturated carbocycles. The van der Waals surface area contributed by atoms with Crippen molar-refractivity contribution in [3.05, 3.63) is 50.4 Å². The second-order valence-electron chi connectivity index (χ2n) is 5.11. The molecule has 2 heterocycles. The second-order valence-corrected chi connectivity index (χ2v) is 5.11. The Balaban J connectivity index is 2.06. The number of benzene rings is 1. The van der Waals surface area contributed by atoms with E-state index < -0.39 is 11.2 Å². The highest BCUT2D eigenvalue weighted by atomic mass is 16.5. The first-order valence-corrected chi connectivity index (χ1v) is 7.54. The van der Waals surface area contributed by atoms with Gasteiger partial charge in [-0.25, -0.2) is 9.78 Å². The number of rotatable bonds is 3. The van der Waals surface area contributed by atoms with Gasteiger partial charge in [0.05, 0.1) is 14.2 Å². The average Bonchev–Trinajstić information content (AvgIpc) is 3.04. The van der Waals surface area contributed by atoms with Gasteiger partial charge in [-0.05, 0) is 31.0 Å². The number of hydrogen-bond donors (Lipinski definition) is 2. The van der Waals surface area contributed by atoms with Crippen LogP contribution in [0.3, 0.4) is 0 Å². The molecule has 8 nitrogen and oxygen atoms in total. The van der Waals surface area contributed by atoms with Gasteiger partial charge in [0.15, 0.2) is 28.5 Å². The van der Waals surface area contributed by atoms with E-state index in [1.165, 1.54) is 4.57 Å². The van der Waals surface area contributed by atoms with E-state index >= 15 is 0 Å². The molecule has 0 bridgehead atoms. The van der Waals surface area contributed by atoms with Crippen LogP contribution in [0.25, 0.3) is 11.2 Å². The average molecular weight is 340 g/mol. The van der Waals surface area contributed by atoms with Gasteiger partial charge in [0, 0.05) is 12.1 Å². The Hall–Kier alpha value is -3.47. The summed E-state index contributed by atoms with van der Waals surface area (Å²) in [5.41, 5.74) is 0.188. The van der Waals surface area contributed by atoms with Gasteiger partial charge in [-0.2, -0.15) is 0 Å². The highest BCUT2D eigenvalue weighted by Gasteiger charge is 2.11. The highest BCUT2D eigenvalue weighted by molar-refractivity contribution is 5.70. The fraction of sp³-hybridized carbons (Fsp3) is 0.235. The second kappa shape index (κ2) is 6.57. The lowest BCUT2D eigenvalue weighted by Crippen LogP contribution is -2.29. The SMILES string of the molecule is CCn1c(=O)[nH]c(=O)c2[nH]c(C#Cc3ccc(OC)c(OC)c3)nc21. The van der Waals surface area contributed by atoms with E-state index in [1.807, 2.05) is 0 Å². The number of methoxy groups -OCH3 is 2. The van der Waals surface area contributed by atoms with Crippen LogP contribution in [0.1, 0.15) is 18.3 Å². The molecule has 0 unspecified atom stereocenters. The molecule has 25 heavy (non-hydrogen) atoms. The molecule has 1 aromatic carbocycles. The molecule has 0 amide bonds. The van der Waals surface area contributed by atoms with Gasteiger partial charge in [-0.15, -0.1) is 0 Å². The number of aromatic nitrogens is 4. The minimum absolute atomic E-state index is 0.220. The maximum Gasteiger partial charge on any atom is 0.330 e. The maximum atomic E-state index is 11.9. The van der Waals surface area contributed by atoms with Crippen molar-refractivity contribution < 1.29 is 9.47 Å². The molecule has 0 aliphatic carbocycles. The molecule has 0 atom stereocenters. The summed E-state index contributed by atoms with van der Waals surface area (Å²) in [6.45, 7) is 2.18. The summed E-state index contributed by atoms with van der Waals surface area (Å²) in [7, 11) is 3.10. The Morgan fingerprint density at radius 1 is 1.12 bits per heavy atom. The largest absolute Gasteiger partial charge is 0.493 e. The first kappa shape index (κ1) is 16.4. The molecule has 0 aliphatic rings. The van der Waals surface area contributed by atoms with E-state index in [4.69, 9.17) is 9.47 Å².